The Balaban J connectivity index is 1.49. The molecule has 158 valence electrons. The van der Waals surface area contributed by atoms with E-state index >= 15 is 0 Å². The molecule has 1 aromatic heterocycles. The van der Waals surface area contributed by atoms with Gasteiger partial charge in [0, 0.05) is 12.3 Å². The molecule has 8 heteroatoms. The average Bonchev–Trinajstić information content (AvgIpc) is 3.44. The van der Waals surface area contributed by atoms with Crippen LogP contribution in [-0.4, -0.2) is 54.2 Å². The zero-order valence-corrected chi connectivity index (χ0v) is 17.0. The number of likely N-dealkylation sites (tertiary alicyclic amines) is 1. The van der Waals surface area contributed by atoms with Crippen molar-refractivity contribution >= 4 is 17.5 Å². The van der Waals surface area contributed by atoms with Crippen LogP contribution in [0.4, 0.5) is 0 Å². The number of hydrogen-bond acceptors (Lipinski definition) is 6. The number of ether oxygens (including phenoxy) is 1. The maximum absolute atomic E-state index is 13.1. The molecule has 30 heavy (non-hydrogen) atoms. The lowest BCUT2D eigenvalue weighted by Gasteiger charge is -2.31. The Morgan fingerprint density at radius 2 is 1.93 bits per heavy atom. The fraction of sp³-hybridized carbons (Fsp3) is 0.409. The van der Waals surface area contributed by atoms with Crippen molar-refractivity contribution in [2.45, 2.75) is 25.3 Å². The minimum absolute atomic E-state index is 0.0857. The molecule has 2 aromatic rings. The molecule has 2 aliphatic rings. The summed E-state index contributed by atoms with van der Waals surface area (Å²) in [5.41, 5.74) is 7.19. The van der Waals surface area contributed by atoms with Crippen molar-refractivity contribution in [3.05, 3.63) is 54.0 Å². The molecule has 3 heterocycles. The summed E-state index contributed by atoms with van der Waals surface area (Å²) in [6, 6.07) is 11.1. The van der Waals surface area contributed by atoms with E-state index in [-0.39, 0.29) is 30.3 Å². The standard InChI is InChI=1S/C22H26N4O4/c1-29-17-6-4-15(5-7-17)18-13-19(20-3-2-12-30-20)26(24-18)21(27)14-25-10-8-16(9-11-25)22(23)28/h2-7,12,16,19H,8-11,13-14H2,1H3,(H2,23,28)/t19-/m1/s1. The van der Waals surface area contributed by atoms with Crippen LogP contribution in [0.3, 0.4) is 0 Å². The van der Waals surface area contributed by atoms with Gasteiger partial charge in [-0.3, -0.25) is 14.5 Å². The van der Waals surface area contributed by atoms with E-state index in [9.17, 15) is 9.59 Å². The molecule has 2 aliphatic heterocycles. The van der Waals surface area contributed by atoms with Crippen molar-refractivity contribution in [1.29, 1.82) is 0 Å². The number of carbonyl (C=O) groups is 2. The second-order valence-electron chi connectivity index (χ2n) is 7.70. The number of primary amides is 1. The van der Waals surface area contributed by atoms with Gasteiger partial charge in [0.2, 0.25) is 5.91 Å². The van der Waals surface area contributed by atoms with Crippen LogP contribution < -0.4 is 10.5 Å². The number of methoxy groups -OCH3 is 1. The predicted octanol–water partition coefficient (Wildman–Crippen LogP) is 2.16. The van der Waals surface area contributed by atoms with E-state index in [0.717, 1.165) is 17.0 Å². The molecule has 0 unspecified atom stereocenters. The number of benzene rings is 1. The van der Waals surface area contributed by atoms with Gasteiger partial charge in [-0.2, -0.15) is 5.10 Å². The van der Waals surface area contributed by atoms with Gasteiger partial charge in [-0.15, -0.1) is 0 Å². The van der Waals surface area contributed by atoms with Gasteiger partial charge >= 0.3 is 0 Å². The molecule has 8 nitrogen and oxygen atoms in total. The molecule has 0 spiro atoms. The average molecular weight is 410 g/mol. The Labute approximate surface area is 175 Å². The second kappa shape index (κ2) is 8.71. The number of hydrogen-bond donors (Lipinski definition) is 1. The highest BCUT2D eigenvalue weighted by molar-refractivity contribution is 6.03. The molecule has 0 saturated carbocycles. The maximum atomic E-state index is 13.1. The molecule has 0 aliphatic carbocycles. The van der Waals surface area contributed by atoms with E-state index in [1.54, 1.807) is 18.4 Å². The zero-order chi connectivity index (χ0) is 21.1. The second-order valence-corrected chi connectivity index (χ2v) is 7.70. The molecule has 1 atom stereocenters. The van der Waals surface area contributed by atoms with Crippen LogP contribution in [0.25, 0.3) is 0 Å². The van der Waals surface area contributed by atoms with E-state index in [4.69, 9.17) is 14.9 Å². The van der Waals surface area contributed by atoms with Gasteiger partial charge in [-0.25, -0.2) is 5.01 Å². The van der Waals surface area contributed by atoms with Crippen LogP contribution in [-0.2, 0) is 9.59 Å². The molecular formula is C22H26N4O4. The topological polar surface area (TPSA) is 101 Å². The number of rotatable bonds is 6. The number of nitrogens with zero attached hydrogens (tertiary/aromatic N) is 3. The number of amides is 2. The van der Waals surface area contributed by atoms with Gasteiger partial charge in [0.25, 0.3) is 5.91 Å². The summed E-state index contributed by atoms with van der Waals surface area (Å²) in [7, 11) is 1.63. The van der Waals surface area contributed by atoms with Gasteiger partial charge in [0.15, 0.2) is 0 Å². The summed E-state index contributed by atoms with van der Waals surface area (Å²) in [4.78, 5) is 26.6. The first-order valence-electron chi connectivity index (χ1n) is 10.1. The van der Waals surface area contributed by atoms with Crippen LogP contribution >= 0.6 is 0 Å². The number of piperidine rings is 1. The highest BCUT2D eigenvalue weighted by atomic mass is 16.5. The smallest absolute Gasteiger partial charge is 0.257 e. The molecule has 1 saturated heterocycles. The molecule has 1 aromatic carbocycles. The van der Waals surface area contributed by atoms with Crippen molar-refractivity contribution < 1.29 is 18.7 Å². The first-order valence-corrected chi connectivity index (χ1v) is 10.1. The first kappa shape index (κ1) is 20.2. The quantitative estimate of drug-likeness (QED) is 0.786. The van der Waals surface area contributed by atoms with Crippen molar-refractivity contribution in [3.63, 3.8) is 0 Å². The number of carbonyl (C=O) groups excluding carboxylic acids is 2. The Kier molecular flexibility index (Phi) is 5.85. The number of furan rings is 1. The van der Waals surface area contributed by atoms with Gasteiger partial charge in [0.05, 0.1) is 25.6 Å². The minimum atomic E-state index is -0.271. The van der Waals surface area contributed by atoms with Crippen LogP contribution in [0.15, 0.2) is 52.2 Å². The van der Waals surface area contributed by atoms with Crippen molar-refractivity contribution in [3.8, 4) is 5.75 Å². The summed E-state index contributed by atoms with van der Waals surface area (Å²) >= 11 is 0. The largest absolute Gasteiger partial charge is 0.497 e. The fourth-order valence-electron chi connectivity index (χ4n) is 4.04. The van der Waals surface area contributed by atoms with Crippen molar-refractivity contribution in [1.82, 2.24) is 9.91 Å². The van der Waals surface area contributed by atoms with Gasteiger partial charge in [-0.1, -0.05) is 0 Å². The third-order valence-corrected chi connectivity index (χ3v) is 5.81. The lowest BCUT2D eigenvalue weighted by molar-refractivity contribution is -0.135. The molecule has 4 rings (SSSR count). The molecule has 0 radical (unpaired) electrons. The van der Waals surface area contributed by atoms with E-state index < -0.39 is 0 Å². The number of hydrazone groups is 1. The Morgan fingerprint density at radius 1 is 1.20 bits per heavy atom. The van der Waals surface area contributed by atoms with Crippen molar-refractivity contribution in [2.75, 3.05) is 26.7 Å². The summed E-state index contributed by atoms with van der Waals surface area (Å²) in [6.07, 6.45) is 3.56. The summed E-state index contributed by atoms with van der Waals surface area (Å²) in [6.45, 7) is 1.60. The molecule has 1 fully saturated rings. The Hall–Kier alpha value is -3.13. The maximum Gasteiger partial charge on any atom is 0.257 e. The fourth-order valence-corrected chi connectivity index (χ4v) is 4.04. The molecular weight excluding hydrogens is 384 g/mol. The van der Waals surface area contributed by atoms with Gasteiger partial charge in [-0.05, 0) is 67.9 Å². The molecule has 0 bridgehead atoms. The van der Waals surface area contributed by atoms with Crippen molar-refractivity contribution in [2.24, 2.45) is 16.8 Å². The third-order valence-electron chi connectivity index (χ3n) is 5.81. The Morgan fingerprint density at radius 3 is 2.53 bits per heavy atom. The molecule has 2 amide bonds. The normalized spacial score (nSPS) is 20.2. The highest BCUT2D eigenvalue weighted by Crippen LogP contribution is 2.33. The third kappa shape index (κ3) is 4.23. The molecule has 2 N–H and O–H groups in total. The summed E-state index contributed by atoms with van der Waals surface area (Å²) in [5.74, 6) is 1.04. The number of nitrogens with two attached hydrogens (primary N) is 1. The van der Waals surface area contributed by atoms with Gasteiger partial charge < -0.3 is 14.9 Å². The zero-order valence-electron chi connectivity index (χ0n) is 17.0. The van der Waals surface area contributed by atoms with Crippen LogP contribution in [0.1, 0.15) is 36.6 Å². The monoisotopic (exact) mass is 410 g/mol. The highest BCUT2D eigenvalue weighted by Gasteiger charge is 2.36. The Bertz CT molecular complexity index is 915. The minimum Gasteiger partial charge on any atom is -0.497 e. The first-order chi connectivity index (χ1) is 14.5. The van der Waals surface area contributed by atoms with Gasteiger partial charge in [0.1, 0.15) is 17.6 Å². The lowest BCUT2D eigenvalue weighted by atomic mass is 9.96. The van der Waals surface area contributed by atoms with Crippen LogP contribution in [0.2, 0.25) is 0 Å². The van der Waals surface area contributed by atoms with Crippen LogP contribution in [0.5, 0.6) is 5.75 Å². The predicted molar refractivity (Wildman–Crippen MR) is 111 cm³/mol. The SMILES string of the molecule is COc1ccc(C2=NN(C(=O)CN3CCC(C(N)=O)CC3)[C@@H](c3ccco3)C2)cc1. The lowest BCUT2D eigenvalue weighted by Crippen LogP contribution is -2.43. The van der Waals surface area contributed by atoms with E-state index in [0.29, 0.717) is 38.1 Å². The van der Waals surface area contributed by atoms with E-state index in [1.165, 1.54) is 0 Å². The van der Waals surface area contributed by atoms with Crippen LogP contribution in [0, 0.1) is 5.92 Å². The van der Waals surface area contributed by atoms with E-state index in [2.05, 4.69) is 10.0 Å². The van der Waals surface area contributed by atoms with E-state index in [1.807, 2.05) is 36.4 Å². The summed E-state index contributed by atoms with van der Waals surface area (Å²) < 4.78 is 10.8. The summed E-state index contributed by atoms with van der Waals surface area (Å²) in [5, 5.41) is 6.20.